The van der Waals surface area contributed by atoms with Gasteiger partial charge in [-0.25, -0.2) is 0 Å². The quantitative estimate of drug-likeness (QED) is 0.417. The Bertz CT molecular complexity index is 639. The molecule has 1 aromatic rings. The first kappa shape index (κ1) is 20.2. The number of benzene rings is 1. The lowest BCUT2D eigenvalue weighted by molar-refractivity contribution is 0.0184. The maximum absolute atomic E-state index is 12.3. The Morgan fingerprint density at radius 3 is 2.43 bits per heavy atom. The molecule has 28 heavy (non-hydrogen) atoms. The molecule has 0 aromatic heterocycles. The molecule has 1 heterocycles. The molecule has 5 atom stereocenters. The molecule has 154 valence electrons. The Morgan fingerprint density at radius 1 is 1.07 bits per heavy atom. The number of likely N-dealkylation sites (tertiary alicyclic amines) is 1. The molecule has 1 saturated heterocycles. The first-order valence-corrected chi connectivity index (χ1v) is 11.8. The van der Waals surface area contributed by atoms with E-state index in [1.54, 1.807) is 0 Å². The third-order valence-corrected chi connectivity index (χ3v) is 7.70. The van der Waals surface area contributed by atoms with Crippen molar-refractivity contribution < 1.29 is 4.79 Å². The maximum Gasteiger partial charge on any atom is 0.321 e. The van der Waals surface area contributed by atoms with E-state index in [0.29, 0.717) is 6.04 Å². The fraction of sp³-hybridized carbons (Fsp3) is 0.708. The molecule has 3 fully saturated rings. The van der Waals surface area contributed by atoms with E-state index in [4.69, 9.17) is 11.6 Å². The summed E-state index contributed by atoms with van der Waals surface area (Å²) in [6.45, 7) is 3.39. The van der Waals surface area contributed by atoms with E-state index < -0.39 is 0 Å². The molecule has 0 spiro atoms. The predicted octanol–water partition coefficient (Wildman–Crippen LogP) is 6.45. The summed E-state index contributed by atoms with van der Waals surface area (Å²) in [7, 11) is 0. The fourth-order valence-electron chi connectivity index (χ4n) is 6.39. The molecule has 2 bridgehead atoms. The van der Waals surface area contributed by atoms with Crippen molar-refractivity contribution in [2.75, 3.05) is 11.4 Å². The predicted molar refractivity (Wildman–Crippen MR) is 117 cm³/mol. The third-order valence-electron chi connectivity index (χ3n) is 7.52. The monoisotopic (exact) mass is 402 g/mol. The summed E-state index contributed by atoms with van der Waals surface area (Å²) in [5, 5.41) is -0.341. The van der Waals surface area contributed by atoms with Gasteiger partial charge in [-0.05, 0) is 74.1 Å². The van der Waals surface area contributed by atoms with Crippen molar-refractivity contribution >= 4 is 22.7 Å². The van der Waals surface area contributed by atoms with E-state index >= 15 is 0 Å². The van der Waals surface area contributed by atoms with Gasteiger partial charge in [0.2, 0.25) is 0 Å². The van der Waals surface area contributed by atoms with Gasteiger partial charge in [-0.3, -0.25) is 14.6 Å². The number of halogens is 1. The van der Waals surface area contributed by atoms with Crippen molar-refractivity contribution in [1.82, 2.24) is 4.90 Å². The van der Waals surface area contributed by atoms with Crippen LogP contribution in [0.2, 0.25) is 0 Å². The minimum absolute atomic E-state index is 0.211. The number of nitrogens with zero attached hydrogens (tertiary/aromatic N) is 2. The second-order valence-corrected chi connectivity index (χ2v) is 9.66. The van der Waals surface area contributed by atoms with Crippen molar-refractivity contribution in [2.45, 2.75) is 89.3 Å². The zero-order valence-corrected chi connectivity index (χ0v) is 18.0. The highest BCUT2D eigenvalue weighted by molar-refractivity contribution is 6.66. The minimum Gasteiger partial charge on any atom is -0.297 e. The highest BCUT2D eigenvalue weighted by atomic mass is 35.5. The van der Waals surface area contributed by atoms with Crippen molar-refractivity contribution in [3.05, 3.63) is 30.3 Å². The second kappa shape index (κ2) is 9.17. The Kier molecular flexibility index (Phi) is 6.62. The summed E-state index contributed by atoms with van der Waals surface area (Å²) in [5.74, 6) is 1.92. The van der Waals surface area contributed by atoms with Gasteiger partial charge in [-0.15, -0.1) is 0 Å². The number of anilines is 1. The van der Waals surface area contributed by atoms with Crippen molar-refractivity contribution in [2.24, 2.45) is 11.8 Å². The van der Waals surface area contributed by atoms with Gasteiger partial charge in [0.15, 0.2) is 0 Å². The highest BCUT2D eigenvalue weighted by Crippen LogP contribution is 2.43. The lowest BCUT2D eigenvalue weighted by atomic mass is 9.69. The van der Waals surface area contributed by atoms with Crippen LogP contribution in [0.5, 0.6) is 0 Å². The topological polar surface area (TPSA) is 23.6 Å². The van der Waals surface area contributed by atoms with Gasteiger partial charge in [-0.2, -0.15) is 0 Å². The first-order valence-electron chi connectivity index (χ1n) is 11.4. The number of amides is 1. The SMILES string of the molecule is CCC[C@H]1C[C@@H](N(C(=O)Cl)c2ccccc2)CCN1[C@H]1C[C@@H]2CCC[C@@H](C2)C1. The Morgan fingerprint density at radius 2 is 1.79 bits per heavy atom. The van der Waals surface area contributed by atoms with E-state index in [1.165, 1.54) is 51.4 Å². The summed E-state index contributed by atoms with van der Waals surface area (Å²) < 4.78 is 0. The largest absolute Gasteiger partial charge is 0.321 e. The fourth-order valence-corrected chi connectivity index (χ4v) is 6.63. The van der Waals surface area contributed by atoms with Crippen LogP contribution < -0.4 is 4.90 Å². The highest BCUT2D eigenvalue weighted by Gasteiger charge is 2.40. The van der Waals surface area contributed by atoms with Gasteiger partial charge in [0.1, 0.15) is 0 Å². The molecule has 0 N–H and O–H groups in total. The Balaban J connectivity index is 1.49. The molecule has 3 aliphatic rings. The number of rotatable bonds is 5. The van der Waals surface area contributed by atoms with E-state index in [2.05, 4.69) is 11.8 Å². The number of fused-ring (bicyclic) bond motifs is 2. The van der Waals surface area contributed by atoms with Gasteiger partial charge in [0, 0.05) is 30.4 Å². The van der Waals surface area contributed by atoms with E-state index in [9.17, 15) is 4.79 Å². The number of hydrogen-bond acceptors (Lipinski definition) is 2. The molecule has 4 rings (SSSR count). The molecular formula is C24H35ClN2O. The van der Waals surface area contributed by atoms with Crippen molar-refractivity contribution in [3.63, 3.8) is 0 Å². The van der Waals surface area contributed by atoms with Gasteiger partial charge in [0.05, 0.1) is 0 Å². The van der Waals surface area contributed by atoms with Crippen LogP contribution in [-0.2, 0) is 0 Å². The van der Waals surface area contributed by atoms with Crippen LogP contribution in [0.15, 0.2) is 30.3 Å². The average Bonchev–Trinajstić information content (AvgIpc) is 2.69. The second-order valence-electron chi connectivity index (χ2n) is 9.34. The van der Waals surface area contributed by atoms with Crippen LogP contribution in [0, 0.1) is 11.8 Å². The van der Waals surface area contributed by atoms with Crippen molar-refractivity contribution in [3.8, 4) is 0 Å². The molecule has 1 aromatic carbocycles. The number of para-hydroxylation sites is 1. The maximum atomic E-state index is 12.3. The summed E-state index contributed by atoms with van der Waals surface area (Å²) in [6, 6.07) is 11.5. The number of piperidine rings is 1. The molecule has 2 saturated carbocycles. The molecule has 3 nitrogen and oxygen atoms in total. The smallest absolute Gasteiger partial charge is 0.297 e. The van der Waals surface area contributed by atoms with Crippen LogP contribution >= 0.6 is 11.6 Å². The Hall–Kier alpha value is -1.06. The summed E-state index contributed by atoms with van der Waals surface area (Å²) in [4.78, 5) is 17.0. The van der Waals surface area contributed by atoms with Gasteiger partial charge in [0.25, 0.3) is 0 Å². The molecule has 1 aliphatic heterocycles. The lowest BCUT2D eigenvalue weighted by Crippen LogP contribution is -2.55. The number of carbonyl (C=O) groups excluding carboxylic acids is 1. The van der Waals surface area contributed by atoms with Crippen LogP contribution in [-0.4, -0.2) is 34.9 Å². The van der Waals surface area contributed by atoms with Crippen molar-refractivity contribution in [1.29, 1.82) is 0 Å². The summed E-state index contributed by atoms with van der Waals surface area (Å²) in [6.07, 6.45) is 13.1. The molecular weight excluding hydrogens is 368 g/mol. The zero-order chi connectivity index (χ0) is 19.5. The van der Waals surface area contributed by atoms with E-state index in [-0.39, 0.29) is 11.4 Å². The summed E-state index contributed by atoms with van der Waals surface area (Å²) in [5.41, 5.74) is 0.934. The molecule has 1 amide bonds. The van der Waals surface area contributed by atoms with Crippen LogP contribution in [0.25, 0.3) is 0 Å². The first-order chi connectivity index (χ1) is 13.7. The lowest BCUT2D eigenvalue weighted by Gasteiger charge is -2.50. The molecule has 0 radical (unpaired) electrons. The number of carbonyl (C=O) groups is 1. The number of hydrogen-bond donors (Lipinski definition) is 0. The summed E-state index contributed by atoms with van der Waals surface area (Å²) >= 11 is 6.06. The van der Waals surface area contributed by atoms with E-state index in [1.807, 2.05) is 35.2 Å². The molecule has 2 aliphatic carbocycles. The van der Waals surface area contributed by atoms with Crippen LogP contribution in [0.4, 0.5) is 10.5 Å². The Labute approximate surface area is 175 Å². The third kappa shape index (κ3) is 4.41. The minimum atomic E-state index is -0.341. The zero-order valence-electron chi connectivity index (χ0n) is 17.2. The average molecular weight is 403 g/mol. The van der Waals surface area contributed by atoms with E-state index in [0.717, 1.165) is 43.0 Å². The molecule has 4 heteroatoms. The van der Waals surface area contributed by atoms with Crippen LogP contribution in [0.3, 0.4) is 0 Å². The molecule has 0 unspecified atom stereocenters. The van der Waals surface area contributed by atoms with Crippen LogP contribution in [0.1, 0.15) is 71.1 Å². The van der Waals surface area contributed by atoms with Gasteiger partial charge < -0.3 is 0 Å². The van der Waals surface area contributed by atoms with Gasteiger partial charge in [-0.1, -0.05) is 50.8 Å². The van der Waals surface area contributed by atoms with Gasteiger partial charge >= 0.3 is 5.37 Å². The standard InChI is InChI=1S/C24H35ClN2O/c1-2-7-21-17-22(27(24(25)28)20-10-4-3-5-11-20)12-13-26(21)23-15-18-8-6-9-19(14-18)16-23/h3-5,10-11,18-19,21-23H,2,6-9,12-17H2,1H3/t18-,19+,21-,22-,23+/m0/s1. The normalized spacial score (nSPS) is 33.4.